The summed E-state index contributed by atoms with van der Waals surface area (Å²) < 4.78 is 0. The Morgan fingerprint density at radius 1 is 1.31 bits per heavy atom. The molecule has 0 aliphatic rings. The second-order valence-corrected chi connectivity index (χ2v) is 7.69. The summed E-state index contributed by atoms with van der Waals surface area (Å²) in [6.07, 6.45) is 1.06. The zero-order chi connectivity index (χ0) is 12.5. The van der Waals surface area contributed by atoms with Gasteiger partial charge in [-0.15, -0.1) is 22.9 Å². The van der Waals surface area contributed by atoms with E-state index in [4.69, 9.17) is 11.6 Å². The Balaban J connectivity index is 2.73. The van der Waals surface area contributed by atoms with Gasteiger partial charge in [0.2, 0.25) is 0 Å². The average Bonchev–Trinajstić information content (AvgIpc) is 2.43. The minimum absolute atomic E-state index is 0.174. The number of halogens is 1. The predicted octanol–water partition coefficient (Wildman–Crippen LogP) is 5.72. The van der Waals surface area contributed by atoms with Gasteiger partial charge in [-0.05, 0) is 43.2 Å². The number of thiophene rings is 1. The molecule has 0 N–H and O–H groups in total. The fraction of sp³-hybridized carbons (Fsp3) is 0.714. The molecule has 2 heteroatoms. The second-order valence-electron chi connectivity index (χ2n) is 5.87. The third-order valence-corrected chi connectivity index (χ3v) is 5.19. The standard InChI is InChI=1S/C14H23ClS/c1-9-7-11(3)16-13(9)12(15)8-10(2)14(4,5)6/h7,10,12H,8H2,1-6H3. The van der Waals surface area contributed by atoms with Crippen molar-refractivity contribution in [2.45, 2.75) is 53.3 Å². The lowest BCUT2D eigenvalue weighted by Gasteiger charge is -2.28. The van der Waals surface area contributed by atoms with Crippen LogP contribution >= 0.6 is 22.9 Å². The zero-order valence-electron chi connectivity index (χ0n) is 11.2. The SMILES string of the molecule is Cc1cc(C)c(C(Cl)CC(C)C(C)(C)C)s1. The highest BCUT2D eigenvalue weighted by molar-refractivity contribution is 7.12. The zero-order valence-corrected chi connectivity index (χ0v) is 12.8. The van der Waals surface area contributed by atoms with Crippen LogP contribution in [0, 0.1) is 25.2 Å². The molecule has 2 unspecified atom stereocenters. The lowest BCUT2D eigenvalue weighted by atomic mass is 9.79. The summed E-state index contributed by atoms with van der Waals surface area (Å²) in [4.78, 5) is 2.72. The highest BCUT2D eigenvalue weighted by Gasteiger charge is 2.24. The van der Waals surface area contributed by atoms with Crippen LogP contribution in [0.1, 0.15) is 54.8 Å². The molecule has 0 aliphatic carbocycles. The van der Waals surface area contributed by atoms with Crippen molar-refractivity contribution in [3.05, 3.63) is 21.4 Å². The molecule has 0 fully saturated rings. The molecule has 92 valence electrons. The molecular weight excluding hydrogens is 236 g/mol. The molecule has 0 nitrogen and oxygen atoms in total. The van der Waals surface area contributed by atoms with Gasteiger partial charge in [0.25, 0.3) is 0 Å². The molecule has 0 bridgehead atoms. The fourth-order valence-electron chi connectivity index (χ4n) is 1.74. The van der Waals surface area contributed by atoms with Gasteiger partial charge in [-0.2, -0.15) is 0 Å². The number of hydrogen-bond donors (Lipinski definition) is 0. The molecule has 0 aromatic carbocycles. The van der Waals surface area contributed by atoms with Crippen molar-refractivity contribution in [1.29, 1.82) is 0 Å². The van der Waals surface area contributed by atoms with E-state index in [0.29, 0.717) is 11.3 Å². The van der Waals surface area contributed by atoms with Crippen molar-refractivity contribution in [2.75, 3.05) is 0 Å². The maximum Gasteiger partial charge on any atom is 0.0684 e. The molecule has 1 heterocycles. The molecule has 0 radical (unpaired) electrons. The number of hydrogen-bond acceptors (Lipinski definition) is 1. The van der Waals surface area contributed by atoms with E-state index < -0.39 is 0 Å². The smallest absolute Gasteiger partial charge is 0.0684 e. The predicted molar refractivity (Wildman–Crippen MR) is 75.6 cm³/mol. The summed E-state index contributed by atoms with van der Waals surface area (Å²) >= 11 is 8.38. The Morgan fingerprint density at radius 3 is 2.25 bits per heavy atom. The Morgan fingerprint density at radius 2 is 1.88 bits per heavy atom. The Hall–Kier alpha value is -0.0100. The van der Waals surface area contributed by atoms with Crippen molar-refractivity contribution in [1.82, 2.24) is 0 Å². The molecule has 1 rings (SSSR count). The summed E-state index contributed by atoms with van der Waals surface area (Å²) in [5, 5.41) is 0.174. The quantitative estimate of drug-likeness (QED) is 0.609. The van der Waals surface area contributed by atoms with Gasteiger partial charge in [-0.3, -0.25) is 0 Å². The first-order valence-electron chi connectivity index (χ1n) is 5.93. The molecule has 0 aliphatic heterocycles. The van der Waals surface area contributed by atoms with Crippen LogP contribution in [0.25, 0.3) is 0 Å². The minimum Gasteiger partial charge on any atom is -0.144 e. The third kappa shape index (κ3) is 3.49. The maximum atomic E-state index is 6.54. The van der Waals surface area contributed by atoms with Gasteiger partial charge < -0.3 is 0 Å². The minimum atomic E-state index is 0.174. The molecule has 0 spiro atoms. The van der Waals surface area contributed by atoms with E-state index in [0.717, 1.165) is 6.42 Å². The first kappa shape index (κ1) is 14.1. The Bertz CT molecular complexity index is 346. The molecule has 1 aromatic rings. The maximum absolute atomic E-state index is 6.54. The number of rotatable bonds is 3. The summed E-state index contributed by atoms with van der Waals surface area (Å²) in [5.41, 5.74) is 1.69. The largest absolute Gasteiger partial charge is 0.144 e. The van der Waals surface area contributed by atoms with Crippen molar-refractivity contribution < 1.29 is 0 Å². The monoisotopic (exact) mass is 258 g/mol. The number of aryl methyl sites for hydroxylation is 2. The third-order valence-electron chi connectivity index (χ3n) is 3.40. The van der Waals surface area contributed by atoms with Gasteiger partial charge in [0, 0.05) is 9.75 Å². The van der Waals surface area contributed by atoms with Gasteiger partial charge in [-0.1, -0.05) is 27.7 Å². The van der Waals surface area contributed by atoms with Gasteiger partial charge in [-0.25, -0.2) is 0 Å². The van der Waals surface area contributed by atoms with E-state index in [-0.39, 0.29) is 5.38 Å². The van der Waals surface area contributed by atoms with Gasteiger partial charge >= 0.3 is 0 Å². The summed E-state index contributed by atoms with van der Waals surface area (Å²) in [7, 11) is 0. The van der Waals surface area contributed by atoms with Crippen LogP contribution in [-0.4, -0.2) is 0 Å². The topological polar surface area (TPSA) is 0 Å². The van der Waals surface area contributed by atoms with Crippen LogP contribution in [0.15, 0.2) is 6.07 Å². The Kier molecular flexibility index (Phi) is 4.48. The summed E-state index contributed by atoms with van der Waals surface area (Å²) in [5.74, 6) is 0.636. The molecule has 0 saturated heterocycles. The first-order valence-corrected chi connectivity index (χ1v) is 7.18. The van der Waals surface area contributed by atoms with E-state index in [9.17, 15) is 0 Å². The lowest BCUT2D eigenvalue weighted by Crippen LogP contribution is -2.18. The second kappa shape index (κ2) is 5.10. The fourth-order valence-corrected chi connectivity index (χ4v) is 3.34. The van der Waals surface area contributed by atoms with Crippen LogP contribution < -0.4 is 0 Å². The van der Waals surface area contributed by atoms with Crippen LogP contribution in [0.3, 0.4) is 0 Å². The van der Waals surface area contributed by atoms with Crippen molar-refractivity contribution in [2.24, 2.45) is 11.3 Å². The van der Waals surface area contributed by atoms with E-state index in [2.05, 4.69) is 47.6 Å². The van der Waals surface area contributed by atoms with E-state index >= 15 is 0 Å². The summed E-state index contributed by atoms with van der Waals surface area (Å²) in [6, 6.07) is 2.23. The molecular formula is C14H23ClS. The molecule has 1 aromatic heterocycles. The van der Waals surface area contributed by atoms with Gasteiger partial charge in [0.05, 0.1) is 5.38 Å². The molecule has 0 amide bonds. The van der Waals surface area contributed by atoms with E-state index in [1.165, 1.54) is 15.3 Å². The molecule has 16 heavy (non-hydrogen) atoms. The van der Waals surface area contributed by atoms with Crippen molar-refractivity contribution in [3.63, 3.8) is 0 Å². The van der Waals surface area contributed by atoms with Gasteiger partial charge in [0.15, 0.2) is 0 Å². The van der Waals surface area contributed by atoms with Crippen molar-refractivity contribution >= 4 is 22.9 Å². The van der Waals surface area contributed by atoms with Crippen LogP contribution in [-0.2, 0) is 0 Å². The lowest BCUT2D eigenvalue weighted by molar-refractivity contribution is 0.245. The van der Waals surface area contributed by atoms with E-state index in [1.54, 1.807) is 0 Å². The highest BCUT2D eigenvalue weighted by Crippen LogP contribution is 2.40. The van der Waals surface area contributed by atoms with Gasteiger partial charge in [0.1, 0.15) is 0 Å². The number of alkyl halides is 1. The molecule has 0 saturated carbocycles. The average molecular weight is 259 g/mol. The van der Waals surface area contributed by atoms with Crippen LogP contribution in [0.2, 0.25) is 0 Å². The van der Waals surface area contributed by atoms with Crippen molar-refractivity contribution in [3.8, 4) is 0 Å². The van der Waals surface area contributed by atoms with Crippen LogP contribution in [0.5, 0.6) is 0 Å². The normalized spacial score (nSPS) is 16.2. The van der Waals surface area contributed by atoms with Crippen LogP contribution in [0.4, 0.5) is 0 Å². The summed E-state index contributed by atoms with van der Waals surface area (Å²) in [6.45, 7) is 13.5. The first-order chi connectivity index (χ1) is 7.21. The molecule has 2 atom stereocenters. The Labute approximate surface area is 109 Å². The van der Waals surface area contributed by atoms with E-state index in [1.807, 2.05) is 11.3 Å². The highest BCUT2D eigenvalue weighted by atomic mass is 35.5.